The Hall–Kier alpha value is 0.130. The van der Waals surface area contributed by atoms with E-state index in [1.165, 1.54) is 17.3 Å². The third-order valence-corrected chi connectivity index (χ3v) is 6.19. The highest BCUT2D eigenvalue weighted by Crippen LogP contribution is 2.40. The first kappa shape index (κ1) is 10.3. The molecule has 1 aliphatic carbocycles. The van der Waals surface area contributed by atoms with Crippen LogP contribution in [-0.2, 0) is 4.79 Å². The molecule has 1 saturated carbocycles. The van der Waals surface area contributed by atoms with E-state index in [2.05, 4.69) is 5.32 Å². The van der Waals surface area contributed by atoms with Crippen LogP contribution < -0.4 is 5.32 Å². The Morgan fingerprint density at radius 3 is 2.93 bits per heavy atom. The maximum atomic E-state index is 12.0. The Morgan fingerprint density at radius 2 is 2.33 bits per heavy atom. The van der Waals surface area contributed by atoms with Gasteiger partial charge < -0.3 is 4.90 Å². The summed E-state index contributed by atoms with van der Waals surface area (Å²) < 4.78 is 0. The average molecular weight is 244 g/mol. The molecule has 2 heterocycles. The molecule has 1 atom stereocenters. The summed E-state index contributed by atoms with van der Waals surface area (Å²) in [6.45, 7) is 1.73. The fourth-order valence-electron chi connectivity index (χ4n) is 2.25. The highest BCUT2D eigenvalue weighted by Gasteiger charge is 2.55. The summed E-state index contributed by atoms with van der Waals surface area (Å²) in [4.78, 5) is 14.0. The molecule has 0 radical (unpaired) electrons. The normalized spacial score (nSPS) is 33.7. The van der Waals surface area contributed by atoms with Crippen LogP contribution in [0.4, 0.5) is 0 Å². The molecule has 3 aliphatic rings. The Morgan fingerprint density at radius 1 is 1.47 bits per heavy atom. The fourth-order valence-corrected chi connectivity index (χ4v) is 4.93. The van der Waals surface area contributed by atoms with Crippen molar-refractivity contribution in [3.05, 3.63) is 0 Å². The van der Waals surface area contributed by atoms with Crippen molar-refractivity contribution in [3.63, 3.8) is 0 Å². The monoisotopic (exact) mass is 244 g/mol. The van der Waals surface area contributed by atoms with Crippen LogP contribution in [0.2, 0.25) is 0 Å². The first-order valence-electron chi connectivity index (χ1n) is 5.54. The predicted octanol–water partition coefficient (Wildman–Crippen LogP) is 0.757. The molecule has 2 aliphatic heterocycles. The standard InChI is InChI=1S/C10H16N2OS2/c13-9-10(1-2-10)11-7-12(9)5-8-6-14-3-4-15-8/h8,11H,1-7H2. The van der Waals surface area contributed by atoms with Crippen LogP contribution in [0.5, 0.6) is 0 Å². The van der Waals surface area contributed by atoms with Gasteiger partial charge in [0.25, 0.3) is 0 Å². The lowest BCUT2D eigenvalue weighted by Crippen LogP contribution is -2.37. The molecule has 1 N–H and O–H groups in total. The maximum Gasteiger partial charge on any atom is 0.243 e. The third kappa shape index (κ3) is 1.89. The summed E-state index contributed by atoms with van der Waals surface area (Å²) in [7, 11) is 0. The molecule has 1 spiro atoms. The second-order valence-corrected chi connectivity index (χ2v) is 7.07. The third-order valence-electron chi connectivity index (χ3n) is 3.36. The van der Waals surface area contributed by atoms with Gasteiger partial charge in [-0.25, -0.2) is 0 Å². The van der Waals surface area contributed by atoms with Crippen LogP contribution in [0.25, 0.3) is 0 Å². The van der Waals surface area contributed by atoms with Crippen LogP contribution in [0, 0.1) is 0 Å². The summed E-state index contributed by atoms with van der Waals surface area (Å²) in [5, 5.41) is 4.01. The molecule has 3 nitrogen and oxygen atoms in total. The van der Waals surface area contributed by atoms with E-state index in [9.17, 15) is 4.79 Å². The van der Waals surface area contributed by atoms with Crippen molar-refractivity contribution in [2.24, 2.45) is 0 Å². The second kappa shape index (κ2) is 3.86. The lowest BCUT2D eigenvalue weighted by molar-refractivity contribution is -0.129. The summed E-state index contributed by atoms with van der Waals surface area (Å²) in [5.41, 5.74) is -0.105. The topological polar surface area (TPSA) is 32.3 Å². The Bertz CT molecular complexity index is 275. The van der Waals surface area contributed by atoms with Gasteiger partial charge in [0.2, 0.25) is 5.91 Å². The molecule has 15 heavy (non-hydrogen) atoms. The van der Waals surface area contributed by atoms with Gasteiger partial charge in [0.15, 0.2) is 0 Å². The number of carbonyl (C=O) groups excluding carboxylic acids is 1. The Balaban J connectivity index is 1.57. The zero-order valence-corrected chi connectivity index (χ0v) is 10.3. The molecule has 0 bridgehead atoms. The van der Waals surface area contributed by atoms with E-state index in [0.717, 1.165) is 26.1 Å². The minimum Gasteiger partial charge on any atom is -0.327 e. The van der Waals surface area contributed by atoms with Crippen LogP contribution in [0.1, 0.15) is 12.8 Å². The molecule has 0 aromatic rings. The van der Waals surface area contributed by atoms with Gasteiger partial charge in [-0.05, 0) is 12.8 Å². The second-order valence-electron chi connectivity index (χ2n) is 4.51. The first-order chi connectivity index (χ1) is 7.30. The van der Waals surface area contributed by atoms with Crippen LogP contribution >= 0.6 is 23.5 Å². The van der Waals surface area contributed by atoms with Crippen molar-refractivity contribution in [2.45, 2.75) is 23.6 Å². The number of nitrogens with one attached hydrogen (secondary N) is 1. The number of amides is 1. The van der Waals surface area contributed by atoms with Gasteiger partial charge in [0.05, 0.1) is 12.2 Å². The van der Waals surface area contributed by atoms with Gasteiger partial charge in [-0.15, -0.1) is 0 Å². The minimum absolute atomic E-state index is 0.105. The van der Waals surface area contributed by atoms with Crippen molar-refractivity contribution in [1.82, 2.24) is 10.2 Å². The maximum absolute atomic E-state index is 12.0. The number of thioether (sulfide) groups is 2. The number of rotatable bonds is 2. The minimum atomic E-state index is -0.105. The predicted molar refractivity (Wildman–Crippen MR) is 65.3 cm³/mol. The summed E-state index contributed by atoms with van der Waals surface area (Å²) in [6, 6.07) is 0. The smallest absolute Gasteiger partial charge is 0.243 e. The van der Waals surface area contributed by atoms with Gasteiger partial charge in [-0.1, -0.05) is 0 Å². The van der Waals surface area contributed by atoms with Gasteiger partial charge in [-0.3, -0.25) is 10.1 Å². The Labute approximate surface area is 98.7 Å². The molecule has 3 rings (SSSR count). The molecular formula is C10H16N2OS2. The van der Waals surface area contributed by atoms with Crippen molar-refractivity contribution in [2.75, 3.05) is 30.5 Å². The highest BCUT2D eigenvalue weighted by atomic mass is 32.2. The van der Waals surface area contributed by atoms with E-state index in [-0.39, 0.29) is 5.54 Å². The number of hydrogen-bond donors (Lipinski definition) is 1. The molecular weight excluding hydrogens is 228 g/mol. The van der Waals surface area contributed by atoms with E-state index in [0.29, 0.717) is 11.2 Å². The SMILES string of the molecule is O=C1N(CC2CSCCS2)CNC12CC2. The highest BCUT2D eigenvalue weighted by molar-refractivity contribution is 8.06. The largest absolute Gasteiger partial charge is 0.327 e. The van der Waals surface area contributed by atoms with E-state index < -0.39 is 0 Å². The van der Waals surface area contributed by atoms with Crippen LogP contribution in [0.15, 0.2) is 0 Å². The zero-order chi connectivity index (χ0) is 10.3. The summed E-state index contributed by atoms with van der Waals surface area (Å²) in [6.07, 6.45) is 2.10. The van der Waals surface area contributed by atoms with E-state index >= 15 is 0 Å². The van der Waals surface area contributed by atoms with Crippen molar-refractivity contribution in [3.8, 4) is 0 Å². The first-order valence-corrected chi connectivity index (χ1v) is 7.74. The van der Waals surface area contributed by atoms with Gasteiger partial charge in [0, 0.05) is 29.1 Å². The van der Waals surface area contributed by atoms with Crippen molar-refractivity contribution in [1.29, 1.82) is 0 Å². The van der Waals surface area contributed by atoms with Crippen LogP contribution in [-0.4, -0.2) is 52.1 Å². The molecule has 3 fully saturated rings. The lowest BCUT2D eigenvalue weighted by atomic mass is 10.2. The summed E-state index contributed by atoms with van der Waals surface area (Å²) >= 11 is 4.05. The molecule has 1 unspecified atom stereocenters. The van der Waals surface area contributed by atoms with E-state index in [4.69, 9.17) is 0 Å². The average Bonchev–Trinajstić information content (AvgIpc) is 3.00. The molecule has 5 heteroatoms. The molecule has 0 aromatic carbocycles. The number of nitrogens with zero attached hydrogens (tertiary/aromatic N) is 1. The van der Waals surface area contributed by atoms with E-state index in [1.54, 1.807) is 0 Å². The van der Waals surface area contributed by atoms with Crippen LogP contribution in [0.3, 0.4) is 0 Å². The molecule has 0 aromatic heterocycles. The number of hydrogen-bond acceptors (Lipinski definition) is 4. The van der Waals surface area contributed by atoms with E-state index in [1.807, 2.05) is 28.4 Å². The quantitative estimate of drug-likeness (QED) is 0.777. The zero-order valence-electron chi connectivity index (χ0n) is 8.70. The molecule has 84 valence electrons. The van der Waals surface area contributed by atoms with Gasteiger partial charge in [0.1, 0.15) is 0 Å². The van der Waals surface area contributed by atoms with Gasteiger partial charge >= 0.3 is 0 Å². The number of carbonyl (C=O) groups is 1. The van der Waals surface area contributed by atoms with Gasteiger partial charge in [-0.2, -0.15) is 23.5 Å². The fraction of sp³-hybridized carbons (Fsp3) is 0.900. The summed E-state index contributed by atoms with van der Waals surface area (Å²) in [5.74, 6) is 4.09. The van der Waals surface area contributed by atoms with Crippen molar-refractivity contribution >= 4 is 29.4 Å². The Kier molecular flexibility index (Phi) is 2.65. The molecule has 2 saturated heterocycles. The lowest BCUT2D eigenvalue weighted by Gasteiger charge is -2.25. The molecule has 1 amide bonds. The van der Waals surface area contributed by atoms with Crippen molar-refractivity contribution < 1.29 is 4.79 Å².